The molecule has 1 amide bonds. The van der Waals surface area contributed by atoms with Gasteiger partial charge in [-0.25, -0.2) is 8.60 Å². The van der Waals surface area contributed by atoms with Gasteiger partial charge in [0.25, 0.3) is 5.91 Å². The minimum absolute atomic E-state index is 0.149. The van der Waals surface area contributed by atoms with Gasteiger partial charge >= 0.3 is 7.12 Å². The minimum Gasteiger partial charge on any atom is -0.455 e. The Morgan fingerprint density at radius 2 is 1.79 bits per heavy atom. The fourth-order valence-corrected chi connectivity index (χ4v) is 5.37. The summed E-state index contributed by atoms with van der Waals surface area (Å²) in [5.41, 5.74) is 5.06. The fraction of sp³-hybridized carbons (Fsp3) is 0.250. The highest BCUT2D eigenvalue weighted by Crippen LogP contribution is 2.45. The number of fused-ring (bicyclic) bond motifs is 1. The maximum absolute atomic E-state index is 13.6. The number of benzene rings is 3. The Morgan fingerprint density at radius 1 is 1.10 bits per heavy atom. The van der Waals surface area contributed by atoms with E-state index < -0.39 is 24.2 Å². The van der Waals surface area contributed by atoms with Crippen LogP contribution in [0.1, 0.15) is 51.4 Å². The van der Waals surface area contributed by atoms with E-state index in [-0.39, 0.29) is 24.9 Å². The summed E-state index contributed by atoms with van der Waals surface area (Å²) in [6.07, 6.45) is 1.95. The number of halogens is 1. The van der Waals surface area contributed by atoms with E-state index in [1.807, 2.05) is 19.1 Å². The number of nitrogens with one attached hydrogen (secondary N) is 1. The Balaban J connectivity index is 1.56. The van der Waals surface area contributed by atoms with E-state index in [1.165, 1.54) is 23.5 Å². The van der Waals surface area contributed by atoms with E-state index in [9.17, 15) is 28.0 Å². The molecule has 0 spiro atoms. The molecule has 4 N–H and O–H groups in total. The number of furan rings is 1. The number of carbonyl (C=O) groups excluding carboxylic acids is 1. The highest BCUT2D eigenvalue weighted by atomic mass is 32.2. The predicted octanol–water partition coefficient (Wildman–Crippen LogP) is 3.60. The van der Waals surface area contributed by atoms with Crippen LogP contribution in [0.25, 0.3) is 22.3 Å². The number of amides is 1. The monoisotopic (exact) mass is 550 g/mol. The van der Waals surface area contributed by atoms with Gasteiger partial charge < -0.3 is 19.8 Å². The van der Waals surface area contributed by atoms with E-state index in [0.717, 1.165) is 35.1 Å². The molecule has 5 rings (SSSR count). The summed E-state index contributed by atoms with van der Waals surface area (Å²) in [6.45, 7) is 2.11. The Morgan fingerprint density at radius 3 is 2.38 bits per heavy atom. The number of nitrogens with zero attached hydrogens (tertiary/aromatic N) is 1. The van der Waals surface area contributed by atoms with Gasteiger partial charge in [0.15, 0.2) is 0 Å². The smallest absolute Gasteiger partial charge is 0.455 e. The van der Waals surface area contributed by atoms with Gasteiger partial charge in [0.05, 0.1) is 5.56 Å². The summed E-state index contributed by atoms with van der Waals surface area (Å²) < 4.78 is 43.7. The minimum atomic E-state index is -2.30. The molecule has 1 aliphatic carbocycles. The number of carbonyl (C=O) groups is 1. The van der Waals surface area contributed by atoms with Gasteiger partial charge in [-0.05, 0) is 89.8 Å². The lowest BCUT2D eigenvalue weighted by Gasteiger charge is -2.21. The van der Waals surface area contributed by atoms with Crippen LogP contribution in [-0.4, -0.2) is 43.2 Å². The Labute approximate surface area is 228 Å². The van der Waals surface area contributed by atoms with Crippen molar-refractivity contribution in [2.45, 2.75) is 38.8 Å². The van der Waals surface area contributed by atoms with Gasteiger partial charge in [-0.3, -0.25) is 9.35 Å². The molecular formula is C28H28BFN2O6S. The first kappa shape index (κ1) is 27.2. The molecule has 1 aromatic heterocycles. The molecule has 0 aliphatic heterocycles. The maximum Gasteiger partial charge on any atom is 0.488 e. The molecule has 1 unspecified atom stereocenters. The largest absolute Gasteiger partial charge is 0.488 e. The SMILES string of the molecule is CNC(=O)c1c(-c2ccc(F)cc2)oc2cc(CN(Cc3ccc(B(O)O)cc3C)S(=O)O)c(C3CC3)cc12. The zero-order valence-electron chi connectivity index (χ0n) is 21.5. The summed E-state index contributed by atoms with van der Waals surface area (Å²) in [6, 6.07) is 14.4. The van der Waals surface area contributed by atoms with Gasteiger partial charge in [0.1, 0.15) is 17.2 Å². The zero-order chi connectivity index (χ0) is 27.8. The van der Waals surface area contributed by atoms with Crippen molar-refractivity contribution >= 4 is 40.7 Å². The molecule has 0 radical (unpaired) electrons. The van der Waals surface area contributed by atoms with E-state index in [1.54, 1.807) is 30.3 Å². The van der Waals surface area contributed by atoms with Gasteiger partial charge in [-0.1, -0.05) is 18.2 Å². The van der Waals surface area contributed by atoms with E-state index in [0.29, 0.717) is 33.3 Å². The summed E-state index contributed by atoms with van der Waals surface area (Å²) in [5.74, 6) is -0.128. The molecule has 1 atom stereocenters. The topological polar surface area (TPSA) is 123 Å². The Bertz CT molecular complexity index is 1570. The quantitative estimate of drug-likeness (QED) is 0.187. The van der Waals surface area contributed by atoms with E-state index >= 15 is 0 Å². The van der Waals surface area contributed by atoms with Crippen molar-refractivity contribution in [3.8, 4) is 11.3 Å². The molecule has 1 fully saturated rings. The van der Waals surface area contributed by atoms with E-state index in [2.05, 4.69) is 5.32 Å². The molecule has 202 valence electrons. The summed E-state index contributed by atoms with van der Waals surface area (Å²) in [5, 5.41) is 22.2. The van der Waals surface area contributed by atoms with Crippen LogP contribution >= 0.6 is 0 Å². The van der Waals surface area contributed by atoms with Gasteiger partial charge in [0.2, 0.25) is 11.3 Å². The first-order valence-corrected chi connectivity index (χ1v) is 13.6. The standard InChI is InChI=1S/C28H28BFN2O6S/c1-16-11-21(29(34)35)8-5-19(16)14-32(39(36)37)15-20-12-25-24(13-23(20)17-3-4-17)26(28(33)31-2)27(38-25)18-6-9-22(30)10-7-18/h5-13,17,34-35H,3-4,14-15H2,1-2H3,(H,31,33)(H,36,37). The third kappa shape index (κ3) is 5.68. The van der Waals surface area contributed by atoms with Crippen molar-refractivity contribution in [2.75, 3.05) is 7.05 Å². The van der Waals surface area contributed by atoms with Crippen LogP contribution in [0, 0.1) is 12.7 Å². The molecule has 1 saturated carbocycles. The average molecular weight is 550 g/mol. The van der Waals surface area contributed by atoms with Crippen LogP contribution in [0.15, 0.2) is 59.0 Å². The van der Waals surface area contributed by atoms with Crippen molar-refractivity contribution < 1.29 is 32.4 Å². The Hall–Kier alpha value is -3.35. The Kier molecular flexibility index (Phi) is 7.70. The van der Waals surface area contributed by atoms with Crippen LogP contribution in [0.3, 0.4) is 0 Å². The van der Waals surface area contributed by atoms with Gasteiger partial charge in [-0.15, -0.1) is 0 Å². The second kappa shape index (κ2) is 11.0. The van der Waals surface area contributed by atoms with Crippen molar-refractivity contribution in [3.63, 3.8) is 0 Å². The molecule has 1 aliphatic rings. The maximum atomic E-state index is 13.6. The lowest BCUT2D eigenvalue weighted by atomic mass is 9.79. The second-order valence-electron chi connectivity index (χ2n) is 9.80. The molecule has 8 nitrogen and oxygen atoms in total. The summed E-state index contributed by atoms with van der Waals surface area (Å²) >= 11 is -2.30. The van der Waals surface area contributed by atoms with Crippen LogP contribution in [0.4, 0.5) is 4.39 Å². The zero-order valence-corrected chi connectivity index (χ0v) is 22.3. The lowest BCUT2D eigenvalue weighted by molar-refractivity contribution is 0.0964. The summed E-state index contributed by atoms with van der Waals surface area (Å²) in [4.78, 5) is 12.9. The van der Waals surface area contributed by atoms with Gasteiger partial charge in [-0.2, -0.15) is 4.31 Å². The third-order valence-electron chi connectivity index (χ3n) is 7.11. The van der Waals surface area contributed by atoms with Crippen molar-refractivity contribution in [2.24, 2.45) is 0 Å². The van der Waals surface area contributed by atoms with Crippen LogP contribution in [-0.2, 0) is 24.4 Å². The fourth-order valence-electron chi connectivity index (χ4n) is 4.87. The first-order chi connectivity index (χ1) is 18.7. The van der Waals surface area contributed by atoms with E-state index in [4.69, 9.17) is 4.42 Å². The molecule has 4 aromatic rings. The summed E-state index contributed by atoms with van der Waals surface area (Å²) in [7, 11) is -0.0582. The molecular weight excluding hydrogens is 522 g/mol. The molecule has 39 heavy (non-hydrogen) atoms. The molecule has 11 heteroatoms. The highest BCUT2D eigenvalue weighted by molar-refractivity contribution is 7.76. The predicted molar refractivity (Wildman–Crippen MR) is 148 cm³/mol. The number of rotatable bonds is 9. The van der Waals surface area contributed by atoms with Crippen molar-refractivity contribution in [3.05, 3.63) is 88.2 Å². The third-order valence-corrected chi connectivity index (χ3v) is 7.81. The van der Waals surface area contributed by atoms with Crippen LogP contribution < -0.4 is 10.8 Å². The normalized spacial score (nSPS) is 14.1. The number of hydrogen-bond donors (Lipinski definition) is 4. The van der Waals surface area contributed by atoms with Crippen LogP contribution in [0.5, 0.6) is 0 Å². The van der Waals surface area contributed by atoms with Crippen molar-refractivity contribution in [1.29, 1.82) is 0 Å². The molecule has 0 saturated heterocycles. The molecule has 1 heterocycles. The first-order valence-electron chi connectivity index (χ1n) is 12.5. The molecule has 0 bridgehead atoms. The second-order valence-corrected chi connectivity index (χ2v) is 10.8. The van der Waals surface area contributed by atoms with Crippen molar-refractivity contribution in [1.82, 2.24) is 9.62 Å². The molecule has 3 aromatic carbocycles. The number of hydrogen-bond acceptors (Lipinski definition) is 5. The van der Waals surface area contributed by atoms with Crippen LogP contribution in [0.2, 0.25) is 0 Å². The number of aryl methyl sites for hydroxylation is 1. The average Bonchev–Trinajstić information content (AvgIpc) is 3.69. The lowest BCUT2D eigenvalue weighted by Crippen LogP contribution is -2.31. The highest BCUT2D eigenvalue weighted by Gasteiger charge is 2.30. The van der Waals surface area contributed by atoms with Gasteiger partial charge in [0, 0.05) is 31.1 Å².